The number of pyridine rings is 1. The van der Waals surface area contributed by atoms with Gasteiger partial charge in [-0.25, -0.2) is 19.2 Å². The fraction of sp³-hybridized carbons (Fsp3) is 0.406. The van der Waals surface area contributed by atoms with Gasteiger partial charge in [0.05, 0.1) is 55.2 Å². The quantitative estimate of drug-likeness (QED) is 0.198. The van der Waals surface area contributed by atoms with Crippen molar-refractivity contribution in [2.24, 2.45) is 11.8 Å². The topological polar surface area (TPSA) is 87.9 Å². The molecule has 2 saturated heterocycles. The van der Waals surface area contributed by atoms with E-state index in [0.29, 0.717) is 63.2 Å². The van der Waals surface area contributed by atoms with Crippen molar-refractivity contribution in [2.45, 2.75) is 38.1 Å². The van der Waals surface area contributed by atoms with E-state index < -0.39 is 11.8 Å². The van der Waals surface area contributed by atoms with Crippen molar-refractivity contribution in [1.29, 1.82) is 0 Å². The minimum atomic E-state index is -0.427. The molecule has 0 unspecified atom stereocenters. The summed E-state index contributed by atoms with van der Waals surface area (Å²) in [5.74, 6) is 2.06. The smallest absolute Gasteiger partial charge is 0.338 e. The van der Waals surface area contributed by atoms with Crippen LogP contribution in [0.15, 0.2) is 42.5 Å². The summed E-state index contributed by atoms with van der Waals surface area (Å²) in [6, 6.07) is 11.5. The zero-order chi connectivity index (χ0) is 30.5. The zero-order valence-electron chi connectivity index (χ0n) is 24.3. The number of esters is 1. The summed E-state index contributed by atoms with van der Waals surface area (Å²) in [5.41, 5.74) is 3.18. The molecule has 3 aliphatic rings. The summed E-state index contributed by atoms with van der Waals surface area (Å²) < 4.78 is 38.5. The van der Waals surface area contributed by atoms with Crippen molar-refractivity contribution < 1.29 is 28.1 Å². The molecule has 12 heteroatoms. The molecule has 0 amide bonds. The minimum Gasteiger partial charge on any atom is -0.494 e. The fourth-order valence-electron chi connectivity index (χ4n) is 6.48. The monoisotopic (exact) mass is 640 g/mol. The van der Waals surface area contributed by atoms with E-state index in [1.807, 2.05) is 6.07 Å². The highest BCUT2D eigenvalue weighted by Crippen LogP contribution is 2.59. The van der Waals surface area contributed by atoms with E-state index >= 15 is 0 Å². The number of hydrogen-bond acceptors (Lipinski definition) is 8. The van der Waals surface area contributed by atoms with Gasteiger partial charge >= 0.3 is 5.97 Å². The van der Waals surface area contributed by atoms with Gasteiger partial charge in [0, 0.05) is 42.3 Å². The summed E-state index contributed by atoms with van der Waals surface area (Å²) in [5, 5.41) is 0.946. The van der Waals surface area contributed by atoms with E-state index in [9.17, 15) is 9.18 Å². The first-order valence-electron chi connectivity index (χ1n) is 14.6. The first-order valence-corrected chi connectivity index (χ1v) is 15.3. The number of likely N-dealkylation sites (tertiary alicyclic amines) is 1. The van der Waals surface area contributed by atoms with Crippen LogP contribution in [0.4, 0.5) is 4.39 Å². The predicted molar refractivity (Wildman–Crippen MR) is 162 cm³/mol. The molecule has 4 aromatic rings. The molecule has 2 aliphatic heterocycles. The van der Waals surface area contributed by atoms with Crippen molar-refractivity contribution in [1.82, 2.24) is 19.4 Å². The number of nitrogens with zero attached hydrogens (tertiary/aromatic N) is 4. The van der Waals surface area contributed by atoms with Crippen LogP contribution in [-0.2, 0) is 29.2 Å². The Hall–Kier alpha value is -3.44. The Morgan fingerprint density at radius 3 is 2.57 bits per heavy atom. The lowest BCUT2D eigenvalue weighted by atomic mass is 10.1. The summed E-state index contributed by atoms with van der Waals surface area (Å²) in [6.07, 6.45) is 1.09. The molecule has 2 aromatic carbocycles. The number of halogens is 3. The molecular weight excluding hydrogens is 610 g/mol. The van der Waals surface area contributed by atoms with Crippen molar-refractivity contribution >= 4 is 40.2 Å². The van der Waals surface area contributed by atoms with Crippen LogP contribution in [0.5, 0.6) is 11.6 Å². The van der Waals surface area contributed by atoms with Gasteiger partial charge in [-0.1, -0.05) is 29.3 Å². The number of hydrogen-bond donors (Lipinski definition) is 0. The van der Waals surface area contributed by atoms with E-state index in [2.05, 4.69) is 9.47 Å². The maximum absolute atomic E-state index is 14.2. The number of carbonyl (C=O) groups is 1. The van der Waals surface area contributed by atoms with Crippen LogP contribution in [0.3, 0.4) is 0 Å². The van der Waals surface area contributed by atoms with E-state index in [0.717, 1.165) is 43.2 Å². The molecular formula is C32H31Cl2FN4O5. The number of imidazole rings is 1. The molecule has 4 heterocycles. The third-order valence-electron chi connectivity index (χ3n) is 8.91. The number of piperidine rings is 1. The molecule has 1 aliphatic carbocycles. The van der Waals surface area contributed by atoms with Crippen LogP contribution < -0.4 is 9.47 Å². The maximum Gasteiger partial charge on any atom is 0.338 e. The van der Waals surface area contributed by atoms with E-state index in [-0.39, 0.29) is 18.6 Å². The van der Waals surface area contributed by atoms with Gasteiger partial charge in [-0.3, -0.25) is 4.90 Å². The summed E-state index contributed by atoms with van der Waals surface area (Å²) in [7, 11) is 2.94. The Morgan fingerprint density at radius 1 is 1.09 bits per heavy atom. The van der Waals surface area contributed by atoms with Gasteiger partial charge in [-0.2, -0.15) is 0 Å². The van der Waals surface area contributed by atoms with Crippen LogP contribution in [0.25, 0.3) is 11.0 Å². The van der Waals surface area contributed by atoms with Gasteiger partial charge in [-0.05, 0) is 48.6 Å². The first-order chi connectivity index (χ1) is 21.3. The van der Waals surface area contributed by atoms with Gasteiger partial charge in [0.1, 0.15) is 29.5 Å². The molecule has 0 radical (unpaired) electrons. The molecule has 9 nitrogen and oxygen atoms in total. The second kappa shape index (κ2) is 11.8. The van der Waals surface area contributed by atoms with Crippen LogP contribution in [0.1, 0.15) is 39.8 Å². The van der Waals surface area contributed by atoms with Crippen LogP contribution in [0.2, 0.25) is 10.0 Å². The number of aromatic nitrogens is 3. The van der Waals surface area contributed by atoms with Gasteiger partial charge < -0.3 is 23.5 Å². The lowest BCUT2D eigenvalue weighted by Gasteiger charge is -2.28. The fourth-order valence-corrected chi connectivity index (χ4v) is 6.87. The highest BCUT2D eigenvalue weighted by Gasteiger charge is 2.57. The Kier molecular flexibility index (Phi) is 7.86. The largest absolute Gasteiger partial charge is 0.494 e. The van der Waals surface area contributed by atoms with Crippen LogP contribution in [0, 0.1) is 17.7 Å². The standard InChI is InChI=1S/C32H31Cl2FN4O5/c1-41-26-10-18(32(40)42-2)9-25-31(26)36-27(39(25)12-20-7-8-43-20)15-38-13-21-22(14-38)29(21)30-23(34)5-6-28(37-30)44-16-17-3-4-19(33)11-24(17)35/h3-6,9-11,20-22,29H,7-8,12-16H2,1-2H3/t20-,21-,22+,29+/m0/s1. The van der Waals surface area contributed by atoms with Gasteiger partial charge in [0.2, 0.25) is 5.88 Å². The first kappa shape index (κ1) is 29.3. The number of carbonyl (C=O) groups excluding carboxylic acids is 1. The van der Waals surface area contributed by atoms with Crippen molar-refractivity contribution in [2.75, 3.05) is 33.9 Å². The lowest BCUT2D eigenvalue weighted by molar-refractivity contribution is -0.0591. The van der Waals surface area contributed by atoms with E-state index in [1.165, 1.54) is 13.2 Å². The maximum atomic E-state index is 14.2. The second-order valence-corrected chi connectivity index (χ2v) is 12.4. The predicted octanol–water partition coefficient (Wildman–Crippen LogP) is 5.89. The molecule has 0 N–H and O–H groups in total. The lowest BCUT2D eigenvalue weighted by Crippen LogP contribution is -2.33. The molecule has 3 fully saturated rings. The van der Waals surface area contributed by atoms with Crippen molar-refractivity contribution in [3.05, 3.63) is 81.0 Å². The van der Waals surface area contributed by atoms with Crippen molar-refractivity contribution in [3.63, 3.8) is 0 Å². The number of ether oxygens (including phenoxy) is 4. The third kappa shape index (κ3) is 5.49. The Balaban J connectivity index is 1.07. The summed E-state index contributed by atoms with van der Waals surface area (Å²) in [4.78, 5) is 24.5. The Morgan fingerprint density at radius 2 is 1.89 bits per heavy atom. The van der Waals surface area contributed by atoms with E-state index in [1.54, 1.807) is 37.4 Å². The molecule has 0 spiro atoms. The second-order valence-electron chi connectivity index (χ2n) is 11.5. The van der Waals surface area contributed by atoms with Crippen LogP contribution >= 0.6 is 23.2 Å². The molecule has 0 bridgehead atoms. The average molecular weight is 642 g/mol. The number of rotatable bonds is 10. The third-order valence-corrected chi connectivity index (χ3v) is 9.46. The summed E-state index contributed by atoms with van der Waals surface area (Å²) >= 11 is 12.5. The molecule has 7 rings (SSSR count). The average Bonchev–Trinajstić information content (AvgIpc) is 3.30. The van der Waals surface area contributed by atoms with Gasteiger partial charge in [-0.15, -0.1) is 0 Å². The van der Waals surface area contributed by atoms with Gasteiger partial charge in [0.15, 0.2) is 0 Å². The number of benzene rings is 2. The highest BCUT2D eigenvalue weighted by molar-refractivity contribution is 6.31. The molecule has 4 atom stereocenters. The summed E-state index contributed by atoms with van der Waals surface area (Å²) in [6.45, 7) is 3.84. The Labute approximate surface area is 263 Å². The SMILES string of the molecule is COC(=O)c1cc(OC)c2nc(CN3C[C@@H]4[C@H](C3)[C@H]4c3nc(OCc4ccc(Cl)cc4F)ccc3Cl)n(C[C@@H]3CCO3)c2c1. The molecule has 2 aromatic heterocycles. The van der Waals surface area contributed by atoms with Gasteiger partial charge in [0.25, 0.3) is 0 Å². The van der Waals surface area contributed by atoms with Crippen molar-refractivity contribution in [3.8, 4) is 11.6 Å². The molecule has 44 heavy (non-hydrogen) atoms. The minimum absolute atomic E-state index is 0.0428. The molecule has 1 saturated carbocycles. The highest BCUT2D eigenvalue weighted by atomic mass is 35.5. The molecule has 230 valence electrons. The van der Waals surface area contributed by atoms with E-state index in [4.69, 9.17) is 52.1 Å². The normalized spacial score (nSPS) is 22.5. The Bertz CT molecular complexity index is 1730. The zero-order valence-corrected chi connectivity index (χ0v) is 25.8. The number of methoxy groups -OCH3 is 2. The number of fused-ring (bicyclic) bond motifs is 2. The van der Waals surface area contributed by atoms with Crippen LogP contribution in [-0.4, -0.2) is 65.4 Å².